The van der Waals surface area contributed by atoms with Crippen LogP contribution in [0.5, 0.6) is 0 Å². The number of thiol groups is 1. The first-order valence-corrected chi connectivity index (χ1v) is 8.96. The summed E-state index contributed by atoms with van der Waals surface area (Å²) in [7, 11) is 0. The standard InChI is InChI=1S/C18H27N3O3S/c1-12(2)8-15(19)17(23)21-16(9-13-6-4-3-5-7-13)18(24)20-10-14(22)11-25/h3-7,12,15-16,25H,8-11,19H2,1-2H3,(H,20,24)(H,21,23)/t15-,16-/m0/s1. The summed E-state index contributed by atoms with van der Waals surface area (Å²) in [5.74, 6) is -0.655. The van der Waals surface area contributed by atoms with Gasteiger partial charge in [-0.1, -0.05) is 44.2 Å². The average Bonchev–Trinajstić information content (AvgIpc) is 2.58. The molecule has 1 aromatic carbocycles. The molecule has 2 atom stereocenters. The van der Waals surface area contributed by atoms with Gasteiger partial charge in [0.25, 0.3) is 0 Å². The largest absolute Gasteiger partial charge is 0.347 e. The molecule has 25 heavy (non-hydrogen) atoms. The van der Waals surface area contributed by atoms with Crippen LogP contribution in [0.1, 0.15) is 25.8 Å². The van der Waals surface area contributed by atoms with Gasteiger partial charge in [-0.2, -0.15) is 12.6 Å². The fraction of sp³-hybridized carbons (Fsp3) is 0.500. The average molecular weight is 365 g/mol. The van der Waals surface area contributed by atoms with Gasteiger partial charge in [-0.25, -0.2) is 0 Å². The molecule has 0 heterocycles. The molecule has 1 rings (SSSR count). The van der Waals surface area contributed by atoms with E-state index in [1.165, 1.54) is 0 Å². The minimum absolute atomic E-state index is 0.0508. The Morgan fingerprint density at radius 2 is 1.76 bits per heavy atom. The second-order valence-corrected chi connectivity index (χ2v) is 6.72. The lowest BCUT2D eigenvalue weighted by Crippen LogP contribution is -2.53. The van der Waals surface area contributed by atoms with Gasteiger partial charge in [0.2, 0.25) is 11.8 Å². The van der Waals surface area contributed by atoms with Crippen molar-refractivity contribution in [3.8, 4) is 0 Å². The van der Waals surface area contributed by atoms with E-state index in [-0.39, 0.29) is 29.9 Å². The van der Waals surface area contributed by atoms with E-state index in [4.69, 9.17) is 5.73 Å². The number of carbonyl (C=O) groups excluding carboxylic acids is 3. The Morgan fingerprint density at radius 3 is 2.32 bits per heavy atom. The molecule has 2 amide bonds. The maximum atomic E-state index is 12.4. The molecular weight excluding hydrogens is 338 g/mol. The van der Waals surface area contributed by atoms with Gasteiger partial charge in [0.05, 0.1) is 18.3 Å². The van der Waals surface area contributed by atoms with Crippen molar-refractivity contribution >= 4 is 30.2 Å². The van der Waals surface area contributed by atoms with Gasteiger partial charge in [-0.15, -0.1) is 0 Å². The summed E-state index contributed by atoms with van der Waals surface area (Å²) in [5, 5.41) is 5.25. The van der Waals surface area contributed by atoms with Gasteiger partial charge in [0, 0.05) is 6.42 Å². The third-order valence-corrected chi connectivity index (χ3v) is 3.97. The van der Waals surface area contributed by atoms with Crippen molar-refractivity contribution in [3.63, 3.8) is 0 Å². The quantitative estimate of drug-likeness (QED) is 0.459. The van der Waals surface area contributed by atoms with Crippen molar-refractivity contribution in [2.45, 2.75) is 38.8 Å². The summed E-state index contributed by atoms with van der Waals surface area (Å²) >= 11 is 3.88. The van der Waals surface area contributed by atoms with E-state index in [0.717, 1.165) is 5.56 Å². The van der Waals surface area contributed by atoms with E-state index in [1.807, 2.05) is 44.2 Å². The van der Waals surface area contributed by atoms with E-state index in [1.54, 1.807) is 0 Å². The Balaban J connectivity index is 2.78. The number of amides is 2. The molecule has 0 fully saturated rings. The van der Waals surface area contributed by atoms with Gasteiger partial charge in [-0.3, -0.25) is 14.4 Å². The second kappa shape index (κ2) is 10.9. The highest BCUT2D eigenvalue weighted by Gasteiger charge is 2.24. The fourth-order valence-electron chi connectivity index (χ4n) is 2.32. The summed E-state index contributed by atoms with van der Waals surface area (Å²) in [6, 6.07) is 7.88. The maximum Gasteiger partial charge on any atom is 0.243 e. The molecule has 0 aliphatic heterocycles. The van der Waals surface area contributed by atoms with Gasteiger partial charge >= 0.3 is 0 Å². The molecule has 7 heteroatoms. The van der Waals surface area contributed by atoms with Crippen molar-refractivity contribution in [1.82, 2.24) is 10.6 Å². The van der Waals surface area contributed by atoms with Crippen molar-refractivity contribution in [3.05, 3.63) is 35.9 Å². The highest BCUT2D eigenvalue weighted by atomic mass is 32.1. The van der Waals surface area contributed by atoms with Crippen molar-refractivity contribution < 1.29 is 14.4 Å². The predicted octanol–water partition coefficient (Wildman–Crippen LogP) is 0.702. The number of benzene rings is 1. The Bertz CT molecular complexity index is 578. The van der Waals surface area contributed by atoms with E-state index < -0.39 is 18.0 Å². The zero-order chi connectivity index (χ0) is 18.8. The minimum atomic E-state index is -0.791. The highest BCUT2D eigenvalue weighted by molar-refractivity contribution is 7.81. The third kappa shape index (κ3) is 8.18. The van der Waals surface area contributed by atoms with Crippen LogP contribution in [0, 0.1) is 5.92 Å². The number of ketones is 1. The predicted molar refractivity (Wildman–Crippen MR) is 101 cm³/mol. The summed E-state index contributed by atoms with van der Waals surface area (Å²) in [4.78, 5) is 36.0. The number of rotatable bonds is 10. The molecule has 1 aromatic rings. The Hall–Kier alpha value is -1.86. The second-order valence-electron chi connectivity index (χ2n) is 6.40. The zero-order valence-corrected chi connectivity index (χ0v) is 15.6. The van der Waals surface area contributed by atoms with Crippen LogP contribution >= 0.6 is 12.6 Å². The first kappa shape index (κ1) is 21.2. The number of Topliss-reactive ketones (excluding diaryl/α,β-unsaturated/α-hetero) is 1. The normalized spacial score (nSPS) is 13.2. The van der Waals surface area contributed by atoms with Crippen LogP contribution < -0.4 is 16.4 Å². The highest BCUT2D eigenvalue weighted by Crippen LogP contribution is 2.06. The molecule has 0 aliphatic rings. The number of nitrogens with two attached hydrogens (primary N) is 1. The van der Waals surface area contributed by atoms with Gasteiger partial charge < -0.3 is 16.4 Å². The lowest BCUT2D eigenvalue weighted by molar-refractivity contribution is -0.130. The zero-order valence-electron chi connectivity index (χ0n) is 14.7. The molecule has 138 valence electrons. The first-order chi connectivity index (χ1) is 11.8. The first-order valence-electron chi connectivity index (χ1n) is 8.33. The van der Waals surface area contributed by atoms with E-state index in [9.17, 15) is 14.4 Å². The van der Waals surface area contributed by atoms with Gasteiger partial charge in [0.15, 0.2) is 5.78 Å². The Morgan fingerprint density at radius 1 is 1.12 bits per heavy atom. The molecule has 0 spiro atoms. The lowest BCUT2D eigenvalue weighted by atomic mass is 10.0. The SMILES string of the molecule is CC(C)C[C@H](N)C(=O)N[C@@H](Cc1ccccc1)C(=O)NCC(=O)CS. The smallest absolute Gasteiger partial charge is 0.243 e. The van der Waals surface area contributed by atoms with Crippen molar-refractivity contribution in [2.75, 3.05) is 12.3 Å². The Labute approximate surface area is 154 Å². The van der Waals surface area contributed by atoms with Crippen molar-refractivity contribution in [1.29, 1.82) is 0 Å². The maximum absolute atomic E-state index is 12.4. The molecular formula is C18H27N3O3S. The summed E-state index contributed by atoms with van der Waals surface area (Å²) in [6.07, 6.45) is 0.853. The van der Waals surface area contributed by atoms with Crippen LogP contribution in [0.2, 0.25) is 0 Å². The molecule has 0 unspecified atom stereocenters. The van der Waals surface area contributed by atoms with Gasteiger partial charge in [0.1, 0.15) is 6.04 Å². The van der Waals surface area contributed by atoms with E-state index >= 15 is 0 Å². The number of hydrogen-bond donors (Lipinski definition) is 4. The molecule has 0 saturated heterocycles. The Kier molecular flexibility index (Phi) is 9.23. The molecule has 4 N–H and O–H groups in total. The van der Waals surface area contributed by atoms with Crippen LogP contribution in [0.3, 0.4) is 0 Å². The fourth-order valence-corrected chi connectivity index (χ4v) is 2.43. The molecule has 6 nitrogen and oxygen atoms in total. The summed E-state index contributed by atoms with van der Waals surface area (Å²) < 4.78 is 0. The number of hydrogen-bond acceptors (Lipinski definition) is 5. The summed E-state index contributed by atoms with van der Waals surface area (Å²) in [6.45, 7) is 3.84. The van der Waals surface area contributed by atoms with Crippen LogP contribution in [0.15, 0.2) is 30.3 Å². The van der Waals surface area contributed by atoms with Crippen LogP contribution in [0.25, 0.3) is 0 Å². The monoisotopic (exact) mass is 365 g/mol. The van der Waals surface area contributed by atoms with Crippen LogP contribution in [-0.2, 0) is 20.8 Å². The summed E-state index contributed by atoms with van der Waals surface area (Å²) in [5.41, 5.74) is 6.80. The van der Waals surface area contributed by atoms with E-state index in [2.05, 4.69) is 23.3 Å². The topological polar surface area (TPSA) is 101 Å². The van der Waals surface area contributed by atoms with Gasteiger partial charge in [-0.05, 0) is 17.9 Å². The third-order valence-electron chi connectivity index (χ3n) is 3.61. The van der Waals surface area contributed by atoms with Crippen LogP contribution in [-0.4, -0.2) is 42.0 Å². The molecule has 0 aromatic heterocycles. The van der Waals surface area contributed by atoms with Crippen molar-refractivity contribution in [2.24, 2.45) is 11.7 Å². The minimum Gasteiger partial charge on any atom is -0.347 e. The van der Waals surface area contributed by atoms with E-state index in [0.29, 0.717) is 12.8 Å². The number of nitrogens with one attached hydrogen (secondary N) is 2. The number of carbonyl (C=O) groups is 3. The lowest BCUT2D eigenvalue weighted by Gasteiger charge is -2.21. The van der Waals surface area contributed by atoms with Crippen LogP contribution in [0.4, 0.5) is 0 Å². The molecule has 0 aliphatic carbocycles. The molecule has 0 radical (unpaired) electrons. The molecule has 0 saturated carbocycles. The molecule has 0 bridgehead atoms.